The molecule has 0 fully saturated rings. The lowest BCUT2D eigenvalue weighted by atomic mass is 10.1. The molecule has 2 aromatic rings. The Kier molecular flexibility index (Phi) is 3.46. The van der Waals surface area contributed by atoms with Gasteiger partial charge in [0.2, 0.25) is 0 Å². The number of benzene rings is 1. The first-order valence-electron chi connectivity index (χ1n) is 5.48. The molecular formula is C12H12FN3O3. The molecule has 0 radical (unpaired) electrons. The van der Waals surface area contributed by atoms with Crippen LogP contribution in [0.1, 0.15) is 10.4 Å². The maximum Gasteiger partial charge on any atom is 0.345 e. The fourth-order valence-electron chi connectivity index (χ4n) is 1.65. The van der Waals surface area contributed by atoms with Crippen LogP contribution in [-0.2, 0) is 13.6 Å². The lowest BCUT2D eigenvalue weighted by Gasteiger charge is -2.07. The number of ketones is 1. The standard InChI is InChI=1S/C12H12FN3O3/c1-15-7-14-16(12(15)18)6-10(17)9-5-8(13)3-4-11(9)19-2/h3-5,7H,6H2,1-2H3. The van der Waals surface area contributed by atoms with E-state index in [0.29, 0.717) is 0 Å². The van der Waals surface area contributed by atoms with Crippen molar-refractivity contribution in [2.75, 3.05) is 7.11 Å². The van der Waals surface area contributed by atoms with E-state index in [1.54, 1.807) is 0 Å². The minimum Gasteiger partial charge on any atom is -0.496 e. The second-order valence-corrected chi connectivity index (χ2v) is 3.95. The van der Waals surface area contributed by atoms with Gasteiger partial charge in [-0.25, -0.2) is 13.9 Å². The first-order chi connectivity index (χ1) is 9.02. The highest BCUT2D eigenvalue weighted by atomic mass is 19.1. The number of aromatic nitrogens is 3. The van der Waals surface area contributed by atoms with Crippen LogP contribution in [0.25, 0.3) is 0 Å². The quantitative estimate of drug-likeness (QED) is 0.760. The summed E-state index contributed by atoms with van der Waals surface area (Å²) in [6, 6.07) is 3.64. The normalized spacial score (nSPS) is 10.5. The molecule has 0 bridgehead atoms. The Morgan fingerprint density at radius 3 is 2.79 bits per heavy atom. The van der Waals surface area contributed by atoms with Crippen LogP contribution < -0.4 is 10.4 Å². The van der Waals surface area contributed by atoms with E-state index in [0.717, 1.165) is 10.7 Å². The maximum atomic E-state index is 13.2. The smallest absolute Gasteiger partial charge is 0.345 e. The minimum absolute atomic E-state index is 0.0834. The third-order valence-electron chi connectivity index (χ3n) is 2.64. The van der Waals surface area contributed by atoms with Crippen molar-refractivity contribution in [1.29, 1.82) is 0 Å². The molecule has 0 saturated carbocycles. The lowest BCUT2D eigenvalue weighted by Crippen LogP contribution is -2.26. The van der Waals surface area contributed by atoms with E-state index >= 15 is 0 Å². The van der Waals surface area contributed by atoms with E-state index < -0.39 is 17.3 Å². The number of nitrogens with zero attached hydrogens (tertiary/aromatic N) is 3. The fourth-order valence-corrected chi connectivity index (χ4v) is 1.65. The second kappa shape index (κ2) is 5.05. The number of carbonyl (C=O) groups is 1. The van der Waals surface area contributed by atoms with E-state index in [1.807, 2.05) is 0 Å². The number of hydrogen-bond donors (Lipinski definition) is 0. The molecule has 100 valence electrons. The summed E-state index contributed by atoms with van der Waals surface area (Å²) in [5.74, 6) is -0.731. The number of halogens is 1. The van der Waals surface area contributed by atoms with Gasteiger partial charge in [0.1, 0.15) is 24.4 Å². The second-order valence-electron chi connectivity index (χ2n) is 3.95. The van der Waals surface area contributed by atoms with Gasteiger partial charge in [-0.1, -0.05) is 0 Å². The predicted octanol–water partition coefficient (Wildman–Crippen LogP) is 0.612. The zero-order chi connectivity index (χ0) is 14.0. The van der Waals surface area contributed by atoms with Crippen molar-refractivity contribution < 1.29 is 13.9 Å². The SMILES string of the molecule is COc1ccc(F)cc1C(=O)Cn1ncn(C)c1=O. The molecule has 6 nitrogen and oxygen atoms in total. The van der Waals surface area contributed by atoms with Crippen molar-refractivity contribution in [1.82, 2.24) is 14.3 Å². The van der Waals surface area contributed by atoms with Gasteiger partial charge in [-0.2, -0.15) is 5.10 Å². The Hall–Kier alpha value is -2.44. The molecule has 0 spiro atoms. The van der Waals surface area contributed by atoms with Gasteiger partial charge in [0, 0.05) is 7.05 Å². The lowest BCUT2D eigenvalue weighted by molar-refractivity contribution is 0.0962. The molecular weight excluding hydrogens is 253 g/mol. The number of rotatable bonds is 4. The van der Waals surface area contributed by atoms with Gasteiger partial charge in [0.15, 0.2) is 5.78 Å². The fraction of sp³-hybridized carbons (Fsp3) is 0.250. The van der Waals surface area contributed by atoms with Crippen LogP contribution in [0.15, 0.2) is 29.3 Å². The monoisotopic (exact) mass is 265 g/mol. The van der Waals surface area contributed by atoms with Crippen LogP contribution >= 0.6 is 0 Å². The van der Waals surface area contributed by atoms with E-state index in [9.17, 15) is 14.0 Å². The third-order valence-corrected chi connectivity index (χ3v) is 2.64. The number of aryl methyl sites for hydroxylation is 1. The van der Waals surface area contributed by atoms with Crippen LogP contribution in [0, 0.1) is 5.82 Å². The average molecular weight is 265 g/mol. The molecule has 0 amide bonds. The van der Waals surface area contributed by atoms with Crippen molar-refractivity contribution in [3.05, 3.63) is 46.4 Å². The van der Waals surface area contributed by atoms with E-state index in [4.69, 9.17) is 4.74 Å². The molecule has 0 N–H and O–H groups in total. The number of hydrogen-bond acceptors (Lipinski definition) is 4. The van der Waals surface area contributed by atoms with Crippen molar-refractivity contribution in [2.24, 2.45) is 7.05 Å². The largest absolute Gasteiger partial charge is 0.496 e. The first-order valence-corrected chi connectivity index (χ1v) is 5.48. The highest BCUT2D eigenvalue weighted by Gasteiger charge is 2.15. The molecule has 0 aliphatic carbocycles. The van der Waals surface area contributed by atoms with Crippen LogP contribution in [-0.4, -0.2) is 27.2 Å². The Balaban J connectivity index is 2.32. The van der Waals surface area contributed by atoms with E-state index in [2.05, 4.69) is 5.10 Å². The summed E-state index contributed by atoms with van der Waals surface area (Å²) in [4.78, 5) is 23.6. The molecule has 19 heavy (non-hydrogen) atoms. The van der Waals surface area contributed by atoms with Gasteiger partial charge in [0.25, 0.3) is 0 Å². The van der Waals surface area contributed by atoms with E-state index in [-0.39, 0.29) is 17.9 Å². The predicted molar refractivity (Wildman–Crippen MR) is 64.8 cm³/mol. The number of methoxy groups -OCH3 is 1. The van der Waals surface area contributed by atoms with Crippen molar-refractivity contribution in [3.8, 4) is 5.75 Å². The number of Topliss-reactive ketones (excluding diaryl/α,β-unsaturated/α-hetero) is 1. The molecule has 0 saturated heterocycles. The molecule has 1 aromatic carbocycles. The van der Waals surface area contributed by atoms with Gasteiger partial charge >= 0.3 is 5.69 Å². The molecule has 1 aromatic heterocycles. The summed E-state index contributed by atoms with van der Waals surface area (Å²) < 4.78 is 20.4. The van der Waals surface area contributed by atoms with E-state index in [1.165, 1.54) is 37.2 Å². The van der Waals surface area contributed by atoms with Crippen LogP contribution in [0.5, 0.6) is 5.75 Å². The summed E-state index contributed by atoms with van der Waals surface area (Å²) >= 11 is 0. The Labute approximate surface area is 108 Å². The Morgan fingerprint density at radius 2 is 2.21 bits per heavy atom. The highest BCUT2D eigenvalue weighted by molar-refractivity contribution is 5.98. The van der Waals surface area contributed by atoms with Gasteiger partial charge in [-0.05, 0) is 18.2 Å². The summed E-state index contributed by atoms with van der Waals surface area (Å²) in [5.41, 5.74) is -0.330. The number of carbonyl (C=O) groups excluding carboxylic acids is 1. The molecule has 7 heteroatoms. The zero-order valence-corrected chi connectivity index (χ0v) is 10.5. The summed E-state index contributed by atoms with van der Waals surface area (Å²) in [6.45, 7) is -0.264. The first kappa shape index (κ1) is 13.0. The van der Waals surface area contributed by atoms with Crippen LogP contribution in [0.2, 0.25) is 0 Å². The van der Waals surface area contributed by atoms with Crippen molar-refractivity contribution in [2.45, 2.75) is 6.54 Å². The van der Waals surface area contributed by atoms with Gasteiger partial charge < -0.3 is 4.74 Å². The molecule has 0 aliphatic rings. The molecule has 0 unspecified atom stereocenters. The van der Waals surface area contributed by atoms with Gasteiger partial charge in [0.05, 0.1) is 12.7 Å². The van der Waals surface area contributed by atoms with Crippen LogP contribution in [0.4, 0.5) is 4.39 Å². The zero-order valence-electron chi connectivity index (χ0n) is 10.5. The molecule has 0 aliphatic heterocycles. The number of ether oxygens (including phenoxy) is 1. The van der Waals surface area contributed by atoms with Gasteiger partial charge in [-0.15, -0.1) is 0 Å². The summed E-state index contributed by atoms with van der Waals surface area (Å²) in [7, 11) is 2.91. The summed E-state index contributed by atoms with van der Waals surface area (Å²) in [6.07, 6.45) is 1.30. The highest BCUT2D eigenvalue weighted by Crippen LogP contribution is 2.20. The topological polar surface area (TPSA) is 66.1 Å². The molecule has 1 heterocycles. The van der Waals surface area contributed by atoms with Gasteiger partial charge in [-0.3, -0.25) is 9.36 Å². The third kappa shape index (κ3) is 2.54. The van der Waals surface area contributed by atoms with Crippen LogP contribution in [0.3, 0.4) is 0 Å². The molecule has 0 atom stereocenters. The average Bonchev–Trinajstić information content (AvgIpc) is 2.70. The maximum absolute atomic E-state index is 13.2. The molecule has 2 rings (SSSR count). The summed E-state index contributed by atoms with van der Waals surface area (Å²) in [5, 5.41) is 3.77. The minimum atomic E-state index is -0.544. The Morgan fingerprint density at radius 1 is 1.47 bits per heavy atom. The van der Waals surface area contributed by atoms with Crippen molar-refractivity contribution in [3.63, 3.8) is 0 Å². The Bertz CT molecular complexity index is 675. The van der Waals surface area contributed by atoms with Crippen molar-refractivity contribution >= 4 is 5.78 Å².